The molecule has 29 heavy (non-hydrogen) atoms. The van der Waals surface area contributed by atoms with Gasteiger partial charge in [-0.15, -0.1) is 0 Å². The van der Waals surface area contributed by atoms with Crippen molar-refractivity contribution < 1.29 is 24.2 Å². The van der Waals surface area contributed by atoms with Gasteiger partial charge in [0.2, 0.25) is 0 Å². The average molecular weight is 391 g/mol. The van der Waals surface area contributed by atoms with Gasteiger partial charge in [-0.2, -0.15) is 5.10 Å². The van der Waals surface area contributed by atoms with Crippen LogP contribution in [0.4, 0.5) is 5.69 Å². The van der Waals surface area contributed by atoms with Crippen LogP contribution < -0.4 is 15.5 Å². The highest BCUT2D eigenvalue weighted by molar-refractivity contribution is 6.40. The Labute approximate surface area is 165 Å². The maximum Gasteiger partial charge on any atom is 0.341 e. The summed E-state index contributed by atoms with van der Waals surface area (Å²) in [6.07, 6.45) is 1.35. The van der Waals surface area contributed by atoms with Gasteiger partial charge in [-0.3, -0.25) is 9.59 Å². The zero-order valence-electron chi connectivity index (χ0n) is 15.2. The standard InChI is InChI=1S/C21H17N3O5/c25-19(26)13-29-16-10-8-14(9-11-16)12-22-24-21(28)20(27)23-18-7-3-5-15-4-1-2-6-17(15)18/h1-12H,13H2,(H,23,27)(H,24,28)(H,25,26)/b22-12+. The van der Waals surface area contributed by atoms with Crippen LogP contribution in [0.1, 0.15) is 5.56 Å². The Hall–Kier alpha value is -4.20. The third-order valence-corrected chi connectivity index (χ3v) is 3.87. The van der Waals surface area contributed by atoms with E-state index in [9.17, 15) is 14.4 Å². The second-order valence-electron chi connectivity index (χ2n) is 5.93. The third-order valence-electron chi connectivity index (χ3n) is 3.87. The van der Waals surface area contributed by atoms with Gasteiger partial charge in [0, 0.05) is 11.1 Å². The molecule has 0 aliphatic carbocycles. The number of carboxylic acid groups (broad SMARTS) is 1. The monoisotopic (exact) mass is 391 g/mol. The van der Waals surface area contributed by atoms with E-state index < -0.39 is 24.4 Å². The Bertz CT molecular complexity index is 1070. The number of nitrogens with one attached hydrogen (secondary N) is 2. The lowest BCUT2D eigenvalue weighted by molar-refractivity contribution is -0.139. The number of rotatable bonds is 6. The quantitative estimate of drug-likeness (QED) is 0.339. The SMILES string of the molecule is O=C(O)COc1ccc(/C=N/NC(=O)C(=O)Nc2cccc3ccccc23)cc1. The number of carbonyl (C=O) groups excluding carboxylic acids is 2. The van der Waals surface area contributed by atoms with Crippen molar-refractivity contribution in [2.24, 2.45) is 5.10 Å². The van der Waals surface area contributed by atoms with E-state index in [-0.39, 0.29) is 0 Å². The normalized spacial score (nSPS) is 10.6. The van der Waals surface area contributed by atoms with Crippen molar-refractivity contribution in [2.45, 2.75) is 0 Å². The Morgan fingerprint density at radius 1 is 0.931 bits per heavy atom. The molecule has 0 bridgehead atoms. The summed E-state index contributed by atoms with van der Waals surface area (Å²) in [5.41, 5.74) is 3.32. The number of fused-ring (bicyclic) bond motifs is 1. The summed E-state index contributed by atoms with van der Waals surface area (Å²) in [4.78, 5) is 34.5. The lowest BCUT2D eigenvalue weighted by Gasteiger charge is -2.07. The predicted molar refractivity (Wildman–Crippen MR) is 108 cm³/mol. The maximum absolute atomic E-state index is 12.1. The molecule has 0 unspecified atom stereocenters. The first-order valence-corrected chi connectivity index (χ1v) is 8.60. The zero-order valence-corrected chi connectivity index (χ0v) is 15.2. The molecule has 0 heterocycles. The van der Waals surface area contributed by atoms with Gasteiger partial charge >= 0.3 is 17.8 Å². The molecule has 3 rings (SSSR count). The van der Waals surface area contributed by atoms with E-state index in [1.165, 1.54) is 6.21 Å². The van der Waals surface area contributed by atoms with Crippen LogP contribution in [-0.4, -0.2) is 35.7 Å². The molecule has 2 amide bonds. The summed E-state index contributed by atoms with van der Waals surface area (Å²) in [5.74, 6) is -2.42. The molecule has 3 aromatic carbocycles. The number of ether oxygens (including phenoxy) is 1. The Morgan fingerprint density at radius 3 is 2.41 bits per heavy atom. The number of anilines is 1. The van der Waals surface area contributed by atoms with Gasteiger partial charge in [-0.1, -0.05) is 36.4 Å². The maximum atomic E-state index is 12.1. The van der Waals surface area contributed by atoms with E-state index in [0.717, 1.165) is 10.8 Å². The second-order valence-corrected chi connectivity index (χ2v) is 5.93. The minimum absolute atomic E-state index is 0.392. The first kappa shape index (κ1) is 19.6. The number of hydrogen-bond acceptors (Lipinski definition) is 5. The van der Waals surface area contributed by atoms with Gasteiger partial charge in [0.05, 0.1) is 6.21 Å². The van der Waals surface area contributed by atoms with Crippen molar-refractivity contribution >= 4 is 40.5 Å². The molecule has 146 valence electrons. The number of nitrogens with zero attached hydrogens (tertiary/aromatic N) is 1. The van der Waals surface area contributed by atoms with Crippen LogP contribution in [0.25, 0.3) is 10.8 Å². The van der Waals surface area contributed by atoms with Gasteiger partial charge in [0.15, 0.2) is 6.61 Å². The smallest absolute Gasteiger partial charge is 0.341 e. The Kier molecular flexibility index (Phi) is 6.16. The molecule has 0 atom stereocenters. The van der Waals surface area contributed by atoms with Crippen LogP contribution in [0, 0.1) is 0 Å². The Balaban J connectivity index is 1.56. The van der Waals surface area contributed by atoms with E-state index in [4.69, 9.17) is 9.84 Å². The van der Waals surface area contributed by atoms with Crippen LogP contribution >= 0.6 is 0 Å². The molecule has 0 radical (unpaired) electrons. The number of carbonyl (C=O) groups is 3. The highest BCUT2D eigenvalue weighted by atomic mass is 16.5. The van der Waals surface area contributed by atoms with Gasteiger partial charge in [-0.25, -0.2) is 10.2 Å². The summed E-state index contributed by atoms with van der Waals surface area (Å²) in [6, 6.07) is 19.3. The van der Waals surface area contributed by atoms with Gasteiger partial charge in [-0.05, 0) is 41.3 Å². The molecular weight excluding hydrogens is 374 g/mol. The molecule has 0 aliphatic heterocycles. The van der Waals surface area contributed by atoms with E-state index in [1.54, 1.807) is 36.4 Å². The summed E-state index contributed by atoms with van der Waals surface area (Å²) >= 11 is 0. The number of aliphatic carboxylic acids is 1. The summed E-state index contributed by atoms with van der Waals surface area (Å²) in [6.45, 7) is -0.435. The largest absolute Gasteiger partial charge is 0.482 e. The molecule has 0 saturated heterocycles. The van der Waals surface area contributed by atoms with E-state index >= 15 is 0 Å². The molecule has 0 fully saturated rings. The van der Waals surface area contributed by atoms with E-state index in [1.807, 2.05) is 30.3 Å². The minimum atomic E-state index is -1.07. The number of hydrogen-bond donors (Lipinski definition) is 3. The van der Waals surface area contributed by atoms with E-state index in [0.29, 0.717) is 17.0 Å². The van der Waals surface area contributed by atoms with Crippen molar-refractivity contribution in [3.8, 4) is 5.75 Å². The van der Waals surface area contributed by atoms with Crippen molar-refractivity contribution in [1.29, 1.82) is 0 Å². The molecule has 3 N–H and O–H groups in total. The summed E-state index contributed by atoms with van der Waals surface area (Å²) < 4.78 is 5.02. The first-order chi connectivity index (χ1) is 14.0. The third kappa shape index (κ3) is 5.39. The van der Waals surface area contributed by atoms with Crippen LogP contribution in [0.2, 0.25) is 0 Å². The first-order valence-electron chi connectivity index (χ1n) is 8.60. The van der Waals surface area contributed by atoms with Crippen LogP contribution in [0.5, 0.6) is 5.75 Å². The van der Waals surface area contributed by atoms with E-state index in [2.05, 4.69) is 15.8 Å². The number of hydrazone groups is 1. The minimum Gasteiger partial charge on any atom is -0.482 e. The highest BCUT2D eigenvalue weighted by Crippen LogP contribution is 2.22. The molecule has 0 saturated carbocycles. The Morgan fingerprint density at radius 2 is 1.66 bits per heavy atom. The summed E-state index contributed by atoms with van der Waals surface area (Å²) in [7, 11) is 0. The van der Waals surface area contributed by atoms with Crippen molar-refractivity contribution in [3.05, 3.63) is 72.3 Å². The molecular formula is C21H17N3O5. The van der Waals surface area contributed by atoms with Crippen molar-refractivity contribution in [2.75, 3.05) is 11.9 Å². The average Bonchev–Trinajstić information content (AvgIpc) is 2.73. The number of benzene rings is 3. The lowest BCUT2D eigenvalue weighted by Crippen LogP contribution is -2.32. The van der Waals surface area contributed by atoms with Crippen molar-refractivity contribution in [1.82, 2.24) is 5.43 Å². The van der Waals surface area contributed by atoms with Crippen LogP contribution in [0.15, 0.2) is 71.8 Å². The second kappa shape index (κ2) is 9.14. The zero-order chi connectivity index (χ0) is 20.6. The molecule has 0 aliphatic rings. The van der Waals surface area contributed by atoms with Crippen LogP contribution in [0.3, 0.4) is 0 Å². The number of amides is 2. The lowest BCUT2D eigenvalue weighted by atomic mass is 10.1. The van der Waals surface area contributed by atoms with Gasteiger partial charge < -0.3 is 15.2 Å². The van der Waals surface area contributed by atoms with Gasteiger partial charge in [0.25, 0.3) is 0 Å². The van der Waals surface area contributed by atoms with Crippen LogP contribution in [-0.2, 0) is 14.4 Å². The molecule has 8 nitrogen and oxygen atoms in total. The molecule has 8 heteroatoms. The fraction of sp³-hybridized carbons (Fsp3) is 0.0476. The summed E-state index contributed by atoms with van der Waals surface area (Å²) in [5, 5.41) is 16.7. The van der Waals surface area contributed by atoms with Crippen molar-refractivity contribution in [3.63, 3.8) is 0 Å². The number of carboxylic acids is 1. The molecule has 0 spiro atoms. The highest BCUT2D eigenvalue weighted by Gasteiger charge is 2.14. The predicted octanol–water partition coefficient (Wildman–Crippen LogP) is 2.39. The molecule has 0 aromatic heterocycles. The molecule has 3 aromatic rings. The fourth-order valence-corrected chi connectivity index (χ4v) is 2.52. The topological polar surface area (TPSA) is 117 Å². The fourth-order valence-electron chi connectivity index (χ4n) is 2.52. The van der Waals surface area contributed by atoms with Gasteiger partial charge in [0.1, 0.15) is 5.75 Å².